The summed E-state index contributed by atoms with van der Waals surface area (Å²) in [7, 11) is 0. The van der Waals surface area contributed by atoms with E-state index in [1.807, 2.05) is 30.3 Å². The minimum absolute atomic E-state index is 0.217. The minimum atomic E-state index is -1.02. The van der Waals surface area contributed by atoms with Crippen LogP contribution in [-0.2, 0) is 16.0 Å². The molecule has 1 saturated carbocycles. The highest BCUT2D eigenvalue weighted by Crippen LogP contribution is 2.37. The van der Waals surface area contributed by atoms with Crippen LogP contribution in [0.15, 0.2) is 30.3 Å². The van der Waals surface area contributed by atoms with E-state index < -0.39 is 17.4 Å². The monoisotopic (exact) mass is 290 g/mol. The lowest BCUT2D eigenvalue weighted by molar-refractivity contribution is -0.143. The topological polar surface area (TPSA) is 92.4 Å². The number of carboxylic acid groups (broad SMARTS) is 1. The quantitative estimate of drug-likeness (QED) is 0.736. The zero-order valence-electron chi connectivity index (χ0n) is 12.0. The molecule has 21 heavy (non-hydrogen) atoms. The van der Waals surface area contributed by atoms with Gasteiger partial charge in [-0.1, -0.05) is 43.2 Å². The van der Waals surface area contributed by atoms with Crippen molar-refractivity contribution in [2.75, 3.05) is 6.54 Å². The molecule has 2 rings (SSSR count). The number of rotatable bonds is 6. The van der Waals surface area contributed by atoms with Gasteiger partial charge in [-0.05, 0) is 18.4 Å². The van der Waals surface area contributed by atoms with Crippen LogP contribution >= 0.6 is 0 Å². The highest BCUT2D eigenvalue weighted by atomic mass is 16.4. The highest BCUT2D eigenvalue weighted by molar-refractivity contribution is 5.88. The van der Waals surface area contributed by atoms with Gasteiger partial charge in [0, 0.05) is 13.0 Å². The Bertz CT molecular complexity index is 496. The molecular weight excluding hydrogens is 268 g/mol. The second kappa shape index (κ2) is 6.72. The smallest absolute Gasteiger partial charge is 0.326 e. The number of hydrogen-bond donors (Lipinski definition) is 3. The molecule has 1 atom stereocenters. The molecule has 0 spiro atoms. The van der Waals surface area contributed by atoms with Gasteiger partial charge in [-0.2, -0.15) is 0 Å². The molecule has 0 unspecified atom stereocenters. The van der Waals surface area contributed by atoms with Crippen LogP contribution in [0.1, 0.15) is 31.2 Å². The van der Waals surface area contributed by atoms with E-state index in [0.717, 1.165) is 31.2 Å². The molecule has 1 aliphatic carbocycles. The molecule has 1 aromatic carbocycles. The Balaban J connectivity index is 2.06. The summed E-state index contributed by atoms with van der Waals surface area (Å²) >= 11 is 0. The van der Waals surface area contributed by atoms with Gasteiger partial charge >= 0.3 is 5.97 Å². The summed E-state index contributed by atoms with van der Waals surface area (Å²) in [4.78, 5) is 23.8. The van der Waals surface area contributed by atoms with Gasteiger partial charge in [0.05, 0.1) is 5.41 Å². The van der Waals surface area contributed by atoms with Gasteiger partial charge in [-0.25, -0.2) is 4.79 Å². The molecule has 5 nitrogen and oxygen atoms in total. The molecule has 114 valence electrons. The van der Waals surface area contributed by atoms with E-state index in [2.05, 4.69) is 5.32 Å². The molecule has 0 radical (unpaired) electrons. The van der Waals surface area contributed by atoms with E-state index in [1.54, 1.807) is 0 Å². The second-order valence-corrected chi connectivity index (χ2v) is 5.75. The van der Waals surface area contributed by atoms with Crippen molar-refractivity contribution in [1.29, 1.82) is 0 Å². The summed E-state index contributed by atoms with van der Waals surface area (Å²) in [5.74, 6) is -1.23. The number of carbonyl (C=O) groups is 2. The third kappa shape index (κ3) is 3.61. The van der Waals surface area contributed by atoms with Crippen LogP contribution in [-0.4, -0.2) is 29.6 Å². The zero-order valence-corrected chi connectivity index (χ0v) is 12.0. The van der Waals surface area contributed by atoms with Crippen LogP contribution < -0.4 is 11.1 Å². The van der Waals surface area contributed by atoms with Gasteiger partial charge in [0.15, 0.2) is 0 Å². The summed E-state index contributed by atoms with van der Waals surface area (Å²) in [6.07, 6.45) is 3.71. The fraction of sp³-hybridized carbons (Fsp3) is 0.500. The normalized spacial score (nSPS) is 18.1. The lowest BCUT2D eigenvalue weighted by Gasteiger charge is -2.27. The summed E-state index contributed by atoms with van der Waals surface area (Å²) in [5.41, 5.74) is 6.07. The molecule has 5 heteroatoms. The van der Waals surface area contributed by atoms with Crippen LogP contribution in [0.25, 0.3) is 0 Å². The third-order valence-corrected chi connectivity index (χ3v) is 4.32. The summed E-state index contributed by atoms with van der Waals surface area (Å²) < 4.78 is 0. The standard InChI is InChI=1S/C16H22N2O3/c17-11-16(8-4-5-9-16)15(21)18-13(14(19)20)10-12-6-2-1-3-7-12/h1-3,6-7,13H,4-5,8-11,17H2,(H,18,21)(H,19,20)/t13-/m0/s1. The highest BCUT2D eigenvalue weighted by Gasteiger charge is 2.41. The van der Waals surface area contributed by atoms with Crippen molar-refractivity contribution < 1.29 is 14.7 Å². The maximum atomic E-state index is 12.4. The van der Waals surface area contributed by atoms with E-state index in [9.17, 15) is 14.7 Å². The first kappa shape index (κ1) is 15.5. The van der Waals surface area contributed by atoms with E-state index in [4.69, 9.17) is 5.73 Å². The SMILES string of the molecule is NCC1(C(=O)N[C@@H](Cc2ccccc2)C(=O)O)CCCC1. The van der Waals surface area contributed by atoms with Crippen molar-refractivity contribution in [2.24, 2.45) is 11.1 Å². The van der Waals surface area contributed by atoms with E-state index in [0.29, 0.717) is 0 Å². The number of carboxylic acids is 1. The van der Waals surface area contributed by atoms with Crippen LogP contribution in [0.5, 0.6) is 0 Å². The van der Waals surface area contributed by atoms with Gasteiger partial charge in [0.1, 0.15) is 6.04 Å². The van der Waals surface area contributed by atoms with Crippen molar-refractivity contribution in [2.45, 2.75) is 38.1 Å². The first-order valence-corrected chi connectivity index (χ1v) is 7.35. The number of nitrogens with one attached hydrogen (secondary N) is 1. The van der Waals surface area contributed by atoms with E-state index >= 15 is 0 Å². The Kier molecular flexibility index (Phi) is 4.96. The van der Waals surface area contributed by atoms with Gasteiger partial charge < -0.3 is 16.2 Å². The van der Waals surface area contributed by atoms with Crippen molar-refractivity contribution in [3.8, 4) is 0 Å². The first-order valence-electron chi connectivity index (χ1n) is 7.35. The number of amides is 1. The molecule has 0 heterocycles. The molecule has 0 saturated heterocycles. The summed E-state index contributed by atoms with van der Waals surface area (Å²) in [6.45, 7) is 0.274. The van der Waals surface area contributed by atoms with E-state index in [-0.39, 0.29) is 18.9 Å². The molecule has 1 fully saturated rings. The fourth-order valence-electron chi connectivity index (χ4n) is 2.94. The lowest BCUT2D eigenvalue weighted by Crippen LogP contribution is -2.51. The molecule has 0 aromatic heterocycles. The Morgan fingerprint density at radius 1 is 1.24 bits per heavy atom. The number of hydrogen-bond acceptors (Lipinski definition) is 3. The molecule has 4 N–H and O–H groups in total. The predicted molar refractivity (Wildman–Crippen MR) is 79.7 cm³/mol. The minimum Gasteiger partial charge on any atom is -0.480 e. The molecule has 1 aromatic rings. The van der Waals surface area contributed by atoms with Crippen LogP contribution in [0.2, 0.25) is 0 Å². The van der Waals surface area contributed by atoms with Gasteiger partial charge in [0.2, 0.25) is 5.91 Å². The fourth-order valence-corrected chi connectivity index (χ4v) is 2.94. The second-order valence-electron chi connectivity index (χ2n) is 5.75. The Morgan fingerprint density at radius 2 is 1.86 bits per heavy atom. The largest absolute Gasteiger partial charge is 0.480 e. The zero-order chi connectivity index (χ0) is 15.3. The Labute approximate surface area is 124 Å². The summed E-state index contributed by atoms with van der Waals surface area (Å²) in [5, 5.41) is 12.0. The van der Waals surface area contributed by atoms with Gasteiger partial charge in [-0.3, -0.25) is 4.79 Å². The van der Waals surface area contributed by atoms with Crippen molar-refractivity contribution in [3.63, 3.8) is 0 Å². The van der Waals surface area contributed by atoms with Crippen LogP contribution in [0.4, 0.5) is 0 Å². The molecule has 0 aliphatic heterocycles. The number of nitrogens with two attached hydrogens (primary N) is 1. The third-order valence-electron chi connectivity index (χ3n) is 4.32. The molecule has 1 aliphatic rings. The molecule has 1 amide bonds. The van der Waals surface area contributed by atoms with Crippen molar-refractivity contribution >= 4 is 11.9 Å². The molecular formula is C16H22N2O3. The average molecular weight is 290 g/mol. The van der Waals surface area contributed by atoms with E-state index in [1.165, 1.54) is 0 Å². The van der Waals surface area contributed by atoms with Gasteiger partial charge in [0.25, 0.3) is 0 Å². The van der Waals surface area contributed by atoms with Crippen molar-refractivity contribution in [3.05, 3.63) is 35.9 Å². The number of benzene rings is 1. The maximum absolute atomic E-state index is 12.4. The van der Waals surface area contributed by atoms with Crippen LogP contribution in [0.3, 0.4) is 0 Å². The first-order chi connectivity index (χ1) is 10.1. The van der Waals surface area contributed by atoms with Crippen molar-refractivity contribution in [1.82, 2.24) is 5.32 Å². The number of aliphatic carboxylic acids is 1. The Hall–Kier alpha value is -1.88. The Morgan fingerprint density at radius 3 is 2.38 bits per heavy atom. The summed E-state index contributed by atoms with van der Waals surface area (Å²) in [6, 6.07) is 8.39. The lowest BCUT2D eigenvalue weighted by atomic mass is 9.85. The molecule has 0 bridgehead atoms. The predicted octanol–water partition coefficient (Wildman–Crippen LogP) is 1.32. The maximum Gasteiger partial charge on any atom is 0.326 e. The average Bonchev–Trinajstić information content (AvgIpc) is 2.97. The van der Waals surface area contributed by atoms with Crippen LogP contribution in [0, 0.1) is 5.41 Å². The number of carbonyl (C=O) groups excluding carboxylic acids is 1. The van der Waals surface area contributed by atoms with Gasteiger partial charge in [-0.15, -0.1) is 0 Å².